The first-order valence-corrected chi connectivity index (χ1v) is 11.7. The Kier molecular flexibility index (Phi) is 7.01. The Bertz CT molecular complexity index is 1290. The molecule has 1 atom stereocenters. The summed E-state index contributed by atoms with van der Waals surface area (Å²) in [6.45, 7) is 3.87. The average molecular weight is 487 g/mol. The summed E-state index contributed by atoms with van der Waals surface area (Å²) in [6, 6.07) is 20.6. The van der Waals surface area contributed by atoms with Crippen molar-refractivity contribution < 1.29 is 24.2 Å². The summed E-state index contributed by atoms with van der Waals surface area (Å²) >= 11 is 0. The quantitative estimate of drug-likeness (QED) is 0.282. The molecule has 1 fully saturated rings. The number of hydrogen-bond acceptors (Lipinski definition) is 6. The van der Waals surface area contributed by atoms with Gasteiger partial charge in [0.25, 0.3) is 11.7 Å². The lowest BCUT2D eigenvalue weighted by atomic mass is 9.95. The number of nitrogens with zero attached hydrogens (tertiary/aromatic N) is 2. The third-order valence-corrected chi connectivity index (χ3v) is 6.00. The minimum absolute atomic E-state index is 0.00292. The highest BCUT2D eigenvalue weighted by molar-refractivity contribution is 6.51. The van der Waals surface area contributed by atoms with Gasteiger partial charge in [0.1, 0.15) is 17.3 Å². The molecule has 0 aromatic heterocycles. The second-order valence-electron chi connectivity index (χ2n) is 9.05. The molecule has 3 aromatic carbocycles. The van der Waals surface area contributed by atoms with Crippen molar-refractivity contribution in [3.8, 4) is 11.5 Å². The van der Waals surface area contributed by atoms with Crippen LogP contribution in [0.4, 0.5) is 11.4 Å². The predicted octanol–water partition coefficient (Wildman–Crippen LogP) is 5.17. The molecule has 1 amide bonds. The van der Waals surface area contributed by atoms with E-state index in [-0.39, 0.29) is 17.4 Å². The standard InChI is InChI=1S/C29H30N2O5/c1-18(2)36-23-15-13-22(14-16-23)31-26(19-9-11-21(12-10-19)30(3)4)25(28(33)29(31)34)27(32)20-7-6-8-24(17-20)35-5/h6-18,26,32H,1-5H3/b27-25-. The van der Waals surface area contributed by atoms with E-state index in [1.54, 1.807) is 48.5 Å². The number of anilines is 2. The second-order valence-corrected chi connectivity index (χ2v) is 9.05. The molecule has 7 nitrogen and oxygen atoms in total. The molecule has 1 saturated heterocycles. The predicted molar refractivity (Wildman–Crippen MR) is 141 cm³/mol. The zero-order valence-electron chi connectivity index (χ0n) is 21.1. The Morgan fingerprint density at radius 3 is 2.19 bits per heavy atom. The monoisotopic (exact) mass is 486 g/mol. The lowest BCUT2D eigenvalue weighted by Gasteiger charge is -2.26. The number of aliphatic hydroxyl groups excluding tert-OH is 1. The molecule has 1 N–H and O–H groups in total. The van der Waals surface area contributed by atoms with Crippen LogP contribution in [0.2, 0.25) is 0 Å². The van der Waals surface area contributed by atoms with E-state index in [1.807, 2.05) is 57.1 Å². The number of benzene rings is 3. The smallest absolute Gasteiger partial charge is 0.300 e. The molecule has 186 valence electrons. The Balaban J connectivity index is 1.87. The average Bonchev–Trinajstić information content (AvgIpc) is 3.14. The van der Waals surface area contributed by atoms with Crippen LogP contribution < -0.4 is 19.3 Å². The first-order chi connectivity index (χ1) is 17.2. The maximum absolute atomic E-state index is 13.4. The van der Waals surface area contributed by atoms with E-state index in [4.69, 9.17) is 9.47 Å². The fraction of sp³-hybridized carbons (Fsp3) is 0.241. The van der Waals surface area contributed by atoms with E-state index in [2.05, 4.69) is 0 Å². The highest BCUT2D eigenvalue weighted by Gasteiger charge is 2.47. The number of carbonyl (C=O) groups excluding carboxylic acids is 2. The normalized spacial score (nSPS) is 16.9. The van der Waals surface area contributed by atoms with Crippen molar-refractivity contribution in [1.82, 2.24) is 0 Å². The maximum Gasteiger partial charge on any atom is 0.300 e. The first kappa shape index (κ1) is 24.9. The van der Waals surface area contributed by atoms with Crippen molar-refractivity contribution in [2.24, 2.45) is 0 Å². The number of rotatable bonds is 7. The van der Waals surface area contributed by atoms with Crippen LogP contribution in [0.15, 0.2) is 78.4 Å². The van der Waals surface area contributed by atoms with E-state index < -0.39 is 17.7 Å². The Labute approximate surface area is 211 Å². The lowest BCUT2D eigenvalue weighted by Crippen LogP contribution is -2.29. The number of Topliss-reactive ketones (excluding diaryl/α,β-unsaturated/α-hetero) is 1. The molecule has 4 rings (SSSR count). The third-order valence-electron chi connectivity index (χ3n) is 6.00. The van der Waals surface area contributed by atoms with Crippen LogP contribution in [-0.4, -0.2) is 44.1 Å². The molecule has 0 bridgehead atoms. The molecule has 36 heavy (non-hydrogen) atoms. The van der Waals surface area contributed by atoms with Crippen molar-refractivity contribution in [2.45, 2.75) is 26.0 Å². The molecule has 1 aliphatic heterocycles. The van der Waals surface area contributed by atoms with Crippen LogP contribution in [0.25, 0.3) is 5.76 Å². The lowest BCUT2D eigenvalue weighted by molar-refractivity contribution is -0.132. The fourth-order valence-electron chi connectivity index (χ4n) is 4.25. The van der Waals surface area contributed by atoms with Crippen molar-refractivity contribution in [3.05, 3.63) is 89.5 Å². The molecular weight excluding hydrogens is 456 g/mol. The summed E-state index contributed by atoms with van der Waals surface area (Å²) < 4.78 is 11.0. The van der Waals surface area contributed by atoms with Crippen molar-refractivity contribution >= 4 is 28.8 Å². The second kappa shape index (κ2) is 10.2. The van der Waals surface area contributed by atoms with Gasteiger partial charge >= 0.3 is 0 Å². The minimum atomic E-state index is -0.815. The number of methoxy groups -OCH3 is 1. The highest BCUT2D eigenvalue weighted by atomic mass is 16.5. The number of hydrogen-bond donors (Lipinski definition) is 1. The van der Waals surface area contributed by atoms with Crippen LogP contribution >= 0.6 is 0 Å². The molecule has 0 saturated carbocycles. The van der Waals surface area contributed by atoms with E-state index in [0.717, 1.165) is 5.69 Å². The molecule has 3 aromatic rings. The zero-order valence-corrected chi connectivity index (χ0v) is 21.1. The minimum Gasteiger partial charge on any atom is -0.507 e. The van der Waals surface area contributed by atoms with Gasteiger partial charge in [-0.3, -0.25) is 14.5 Å². The number of ketones is 1. The highest BCUT2D eigenvalue weighted by Crippen LogP contribution is 2.43. The van der Waals surface area contributed by atoms with Gasteiger partial charge in [0.05, 0.1) is 24.8 Å². The van der Waals surface area contributed by atoms with Gasteiger partial charge in [0.2, 0.25) is 0 Å². The number of carbonyl (C=O) groups is 2. The van der Waals surface area contributed by atoms with E-state index in [1.165, 1.54) is 12.0 Å². The van der Waals surface area contributed by atoms with Crippen LogP contribution in [-0.2, 0) is 9.59 Å². The number of ether oxygens (including phenoxy) is 2. The summed E-state index contributed by atoms with van der Waals surface area (Å²) in [4.78, 5) is 30.1. The van der Waals surface area contributed by atoms with Gasteiger partial charge in [-0.2, -0.15) is 0 Å². The van der Waals surface area contributed by atoms with Crippen LogP contribution in [0.5, 0.6) is 11.5 Å². The van der Waals surface area contributed by atoms with Crippen molar-refractivity contribution in [2.75, 3.05) is 31.0 Å². The largest absolute Gasteiger partial charge is 0.507 e. The SMILES string of the molecule is COc1cccc(/C(O)=C2/C(=O)C(=O)N(c3ccc(OC(C)C)cc3)C2c2ccc(N(C)C)cc2)c1. The Morgan fingerprint density at radius 2 is 1.61 bits per heavy atom. The Morgan fingerprint density at radius 1 is 0.944 bits per heavy atom. The Hall–Kier alpha value is -4.26. The maximum atomic E-state index is 13.4. The molecule has 7 heteroatoms. The van der Waals surface area contributed by atoms with Gasteiger partial charge < -0.3 is 19.5 Å². The summed E-state index contributed by atoms with van der Waals surface area (Å²) in [5.41, 5.74) is 2.61. The summed E-state index contributed by atoms with van der Waals surface area (Å²) in [5.74, 6) is -0.524. The molecule has 1 aliphatic rings. The summed E-state index contributed by atoms with van der Waals surface area (Å²) in [6.07, 6.45) is 0.00292. The molecular formula is C29H30N2O5. The van der Waals surface area contributed by atoms with Crippen molar-refractivity contribution in [1.29, 1.82) is 0 Å². The van der Waals surface area contributed by atoms with Crippen LogP contribution in [0.3, 0.4) is 0 Å². The van der Waals surface area contributed by atoms with E-state index in [9.17, 15) is 14.7 Å². The molecule has 1 heterocycles. The van der Waals surface area contributed by atoms with Gasteiger partial charge in [-0.1, -0.05) is 24.3 Å². The molecule has 0 radical (unpaired) electrons. The zero-order chi connectivity index (χ0) is 26.0. The number of amides is 1. The van der Waals surface area contributed by atoms with Gasteiger partial charge in [-0.25, -0.2) is 0 Å². The van der Waals surface area contributed by atoms with Gasteiger partial charge in [-0.05, 0) is 67.9 Å². The van der Waals surface area contributed by atoms with Gasteiger partial charge in [0, 0.05) is 31.0 Å². The van der Waals surface area contributed by atoms with E-state index in [0.29, 0.717) is 28.3 Å². The van der Waals surface area contributed by atoms with Crippen molar-refractivity contribution in [3.63, 3.8) is 0 Å². The number of aliphatic hydroxyl groups is 1. The van der Waals surface area contributed by atoms with Gasteiger partial charge in [0.15, 0.2) is 0 Å². The first-order valence-electron chi connectivity index (χ1n) is 11.7. The van der Waals surface area contributed by atoms with Crippen LogP contribution in [0.1, 0.15) is 31.0 Å². The molecule has 0 spiro atoms. The van der Waals surface area contributed by atoms with Crippen LogP contribution in [0, 0.1) is 0 Å². The molecule has 0 aliphatic carbocycles. The van der Waals surface area contributed by atoms with Gasteiger partial charge in [-0.15, -0.1) is 0 Å². The summed E-state index contributed by atoms with van der Waals surface area (Å²) in [7, 11) is 5.40. The third kappa shape index (κ3) is 4.77. The fourth-order valence-corrected chi connectivity index (χ4v) is 4.25. The topological polar surface area (TPSA) is 79.3 Å². The summed E-state index contributed by atoms with van der Waals surface area (Å²) in [5, 5.41) is 11.3. The van der Waals surface area contributed by atoms with E-state index >= 15 is 0 Å². The molecule has 1 unspecified atom stereocenters.